The number of aromatic nitrogens is 2. The van der Waals surface area contributed by atoms with Crippen molar-refractivity contribution < 1.29 is 22.8 Å². The average molecular weight is 432 g/mol. The summed E-state index contributed by atoms with van der Waals surface area (Å²) in [5, 5.41) is 2.52. The van der Waals surface area contributed by atoms with Crippen LogP contribution in [-0.2, 0) is 6.18 Å². The molecule has 1 aliphatic carbocycles. The van der Waals surface area contributed by atoms with Crippen LogP contribution in [-0.4, -0.2) is 39.9 Å². The van der Waals surface area contributed by atoms with E-state index < -0.39 is 29.5 Å². The maximum atomic E-state index is 13.3. The fourth-order valence-corrected chi connectivity index (χ4v) is 2.76. The van der Waals surface area contributed by atoms with Gasteiger partial charge in [0, 0.05) is 29.4 Å². The van der Waals surface area contributed by atoms with Gasteiger partial charge in [-0.3, -0.25) is 9.59 Å². The molecule has 162 valence electrons. The number of Topliss-reactive ketones (excluding diaryl/α,β-unsaturated/α-hetero) is 1. The van der Waals surface area contributed by atoms with Crippen LogP contribution in [0.1, 0.15) is 46.0 Å². The van der Waals surface area contributed by atoms with Crippen molar-refractivity contribution in [1.82, 2.24) is 15.3 Å². The maximum absolute atomic E-state index is 13.3. The van der Waals surface area contributed by atoms with Gasteiger partial charge >= 0.3 is 6.18 Å². The lowest BCUT2D eigenvalue weighted by Gasteiger charge is -2.15. The van der Waals surface area contributed by atoms with Gasteiger partial charge in [0.1, 0.15) is 0 Å². The number of ketones is 1. The van der Waals surface area contributed by atoms with Crippen LogP contribution in [0, 0.1) is 5.92 Å². The van der Waals surface area contributed by atoms with E-state index in [1.54, 1.807) is 6.07 Å². The molecule has 3 N–H and O–H groups in total. The number of nitrogens with zero attached hydrogens (tertiary/aromatic N) is 4. The highest BCUT2D eigenvalue weighted by atomic mass is 19.4. The SMILES string of the molecule is CC(NC(=O)c1cc(C(=O)C2CC2)cc(C(F)(F)F)c1)C(N=CN)=Nc1ncccn1. The van der Waals surface area contributed by atoms with Gasteiger partial charge in [-0.2, -0.15) is 18.2 Å². The van der Waals surface area contributed by atoms with E-state index in [9.17, 15) is 22.8 Å². The molecular formula is C20H19F3N6O2. The second-order valence-electron chi connectivity index (χ2n) is 6.93. The van der Waals surface area contributed by atoms with Gasteiger partial charge in [0.05, 0.1) is 17.9 Å². The molecule has 11 heteroatoms. The zero-order valence-corrected chi connectivity index (χ0v) is 16.4. The fraction of sp³-hybridized carbons (Fsp3) is 0.300. The number of hydrogen-bond donors (Lipinski definition) is 2. The zero-order valence-electron chi connectivity index (χ0n) is 16.4. The zero-order chi connectivity index (χ0) is 22.6. The Morgan fingerprint density at radius 1 is 1.19 bits per heavy atom. The van der Waals surface area contributed by atoms with Gasteiger partial charge in [-0.1, -0.05) is 0 Å². The second kappa shape index (κ2) is 9.02. The molecular weight excluding hydrogens is 413 g/mol. The normalized spacial score (nSPS) is 15.7. The Kier molecular flexibility index (Phi) is 6.42. The number of carbonyl (C=O) groups is 2. The summed E-state index contributed by atoms with van der Waals surface area (Å²) in [5.74, 6) is -1.40. The highest BCUT2D eigenvalue weighted by Crippen LogP contribution is 2.35. The van der Waals surface area contributed by atoms with Crippen LogP contribution >= 0.6 is 0 Å². The molecule has 3 rings (SSSR count). The molecule has 0 spiro atoms. The van der Waals surface area contributed by atoms with Crippen molar-refractivity contribution in [3.8, 4) is 0 Å². The minimum atomic E-state index is -4.71. The number of benzene rings is 1. The van der Waals surface area contributed by atoms with Crippen LogP contribution < -0.4 is 11.1 Å². The lowest BCUT2D eigenvalue weighted by atomic mass is 9.99. The van der Waals surface area contributed by atoms with Gasteiger partial charge in [-0.25, -0.2) is 15.0 Å². The molecule has 31 heavy (non-hydrogen) atoms. The third kappa shape index (κ3) is 5.71. The van der Waals surface area contributed by atoms with Gasteiger partial charge < -0.3 is 11.1 Å². The third-order valence-electron chi connectivity index (χ3n) is 4.46. The van der Waals surface area contributed by atoms with Gasteiger partial charge in [0.15, 0.2) is 11.6 Å². The Morgan fingerprint density at radius 3 is 2.42 bits per heavy atom. The van der Waals surface area contributed by atoms with E-state index in [1.807, 2.05) is 0 Å². The smallest absolute Gasteiger partial charge is 0.390 e. The van der Waals surface area contributed by atoms with Crippen LogP contribution in [0.15, 0.2) is 46.6 Å². The number of alkyl halides is 3. The molecule has 1 unspecified atom stereocenters. The number of nitrogens with one attached hydrogen (secondary N) is 1. The van der Waals surface area contributed by atoms with Gasteiger partial charge in [-0.15, -0.1) is 0 Å². The summed E-state index contributed by atoms with van der Waals surface area (Å²) < 4.78 is 39.9. The molecule has 2 aromatic rings. The lowest BCUT2D eigenvalue weighted by Crippen LogP contribution is -2.38. The fourth-order valence-electron chi connectivity index (χ4n) is 2.76. The van der Waals surface area contributed by atoms with E-state index in [2.05, 4.69) is 25.3 Å². The molecule has 0 bridgehead atoms. The Balaban J connectivity index is 1.88. The summed E-state index contributed by atoms with van der Waals surface area (Å²) in [6, 6.07) is 3.40. The Bertz CT molecular complexity index is 1030. The standard InChI is InChI=1S/C20H19F3N6O2/c1-11(17(27-10-24)29-19-25-5-2-6-26-19)28-18(31)14-7-13(16(30)12-3-4-12)8-15(9-14)20(21,22)23/h2,5-12H,3-4H2,1H3,(H,28,31)(H2,24,25,26,27,29). The molecule has 1 atom stereocenters. The van der Waals surface area contributed by atoms with Crippen molar-refractivity contribution >= 4 is 29.8 Å². The second-order valence-corrected chi connectivity index (χ2v) is 6.93. The van der Waals surface area contributed by atoms with Crippen LogP contribution in [0.5, 0.6) is 0 Å². The molecule has 8 nitrogen and oxygen atoms in total. The average Bonchev–Trinajstić information content (AvgIpc) is 3.58. The minimum Gasteiger partial charge on any atom is -0.390 e. The third-order valence-corrected chi connectivity index (χ3v) is 4.46. The van der Waals surface area contributed by atoms with E-state index >= 15 is 0 Å². The summed E-state index contributed by atoms with van der Waals surface area (Å²) in [7, 11) is 0. The van der Waals surface area contributed by atoms with Crippen molar-refractivity contribution in [2.24, 2.45) is 21.6 Å². The summed E-state index contributed by atoms with van der Waals surface area (Å²) in [4.78, 5) is 40.8. The summed E-state index contributed by atoms with van der Waals surface area (Å²) >= 11 is 0. The summed E-state index contributed by atoms with van der Waals surface area (Å²) in [6.45, 7) is 1.52. The molecule has 0 radical (unpaired) electrons. The summed E-state index contributed by atoms with van der Waals surface area (Å²) in [5.41, 5.74) is 3.83. The van der Waals surface area contributed by atoms with E-state index in [0.29, 0.717) is 18.9 Å². The van der Waals surface area contributed by atoms with Crippen LogP contribution in [0.4, 0.5) is 19.1 Å². The first-order valence-electron chi connectivity index (χ1n) is 9.36. The largest absolute Gasteiger partial charge is 0.416 e. The number of halogens is 3. The summed E-state index contributed by atoms with van der Waals surface area (Å²) in [6.07, 6.45) is 0.431. The quantitative estimate of drug-likeness (QED) is 0.413. The highest BCUT2D eigenvalue weighted by molar-refractivity contribution is 6.04. The maximum Gasteiger partial charge on any atom is 0.416 e. The van der Waals surface area contributed by atoms with Crippen molar-refractivity contribution in [2.45, 2.75) is 32.0 Å². The Labute approximate surface area is 175 Å². The molecule has 1 saturated carbocycles. The molecule has 0 aliphatic heterocycles. The number of carbonyl (C=O) groups excluding carboxylic acids is 2. The van der Waals surface area contributed by atoms with Crippen molar-refractivity contribution in [2.75, 3.05) is 0 Å². The van der Waals surface area contributed by atoms with Crippen molar-refractivity contribution in [3.05, 3.63) is 53.3 Å². The monoisotopic (exact) mass is 432 g/mol. The van der Waals surface area contributed by atoms with Crippen molar-refractivity contribution in [1.29, 1.82) is 0 Å². The van der Waals surface area contributed by atoms with E-state index in [0.717, 1.165) is 12.4 Å². The first-order chi connectivity index (χ1) is 14.7. The van der Waals surface area contributed by atoms with Gasteiger partial charge in [0.25, 0.3) is 11.9 Å². The number of aliphatic imine (C=N–C) groups is 2. The molecule has 1 heterocycles. The Morgan fingerprint density at radius 2 is 1.84 bits per heavy atom. The number of rotatable bonds is 6. The van der Waals surface area contributed by atoms with E-state index in [-0.39, 0.29) is 28.8 Å². The molecule has 1 aliphatic rings. The number of amidine groups is 1. The first-order valence-corrected chi connectivity index (χ1v) is 9.36. The van der Waals surface area contributed by atoms with E-state index in [1.165, 1.54) is 25.4 Å². The Hall–Kier alpha value is -3.63. The van der Waals surface area contributed by atoms with Gasteiger partial charge in [-0.05, 0) is 44.0 Å². The van der Waals surface area contributed by atoms with Crippen LogP contribution in [0.25, 0.3) is 0 Å². The van der Waals surface area contributed by atoms with Gasteiger partial charge in [0.2, 0.25) is 0 Å². The molecule has 1 aromatic heterocycles. The van der Waals surface area contributed by atoms with Crippen LogP contribution in [0.3, 0.4) is 0 Å². The van der Waals surface area contributed by atoms with E-state index in [4.69, 9.17) is 5.73 Å². The molecule has 1 fully saturated rings. The highest BCUT2D eigenvalue weighted by Gasteiger charge is 2.35. The lowest BCUT2D eigenvalue weighted by molar-refractivity contribution is -0.137. The number of nitrogens with two attached hydrogens (primary N) is 1. The predicted octanol–water partition coefficient (Wildman–Crippen LogP) is 2.92. The number of amides is 1. The van der Waals surface area contributed by atoms with Crippen LogP contribution in [0.2, 0.25) is 0 Å². The molecule has 0 saturated heterocycles. The van der Waals surface area contributed by atoms with Crippen molar-refractivity contribution in [3.63, 3.8) is 0 Å². The first kappa shape index (κ1) is 22.1. The predicted molar refractivity (Wildman–Crippen MR) is 107 cm³/mol. The minimum absolute atomic E-state index is 0.0447. The topological polar surface area (TPSA) is 123 Å². The molecule has 1 aromatic carbocycles. The number of hydrogen-bond acceptors (Lipinski definition) is 5. The molecule has 1 amide bonds.